The lowest BCUT2D eigenvalue weighted by Crippen LogP contribution is -2.51. The van der Waals surface area contributed by atoms with Gasteiger partial charge in [0.1, 0.15) is 6.10 Å². The van der Waals surface area contributed by atoms with Gasteiger partial charge in [-0.2, -0.15) is 0 Å². The maximum atomic E-state index is 15.5. The Balaban J connectivity index is 1.45. The summed E-state index contributed by atoms with van der Waals surface area (Å²) in [5.41, 5.74) is 5.06. The highest BCUT2D eigenvalue weighted by Crippen LogP contribution is 2.50. The van der Waals surface area contributed by atoms with Crippen molar-refractivity contribution in [1.29, 1.82) is 0 Å². The first-order chi connectivity index (χ1) is 13.7. The minimum absolute atomic E-state index is 0.0826. The van der Waals surface area contributed by atoms with Crippen molar-refractivity contribution in [2.24, 2.45) is 0 Å². The summed E-state index contributed by atoms with van der Waals surface area (Å²) >= 11 is 0. The number of aliphatic hydroxyl groups excluding tert-OH is 1. The summed E-state index contributed by atoms with van der Waals surface area (Å²) in [5, 5.41) is 9.37. The van der Waals surface area contributed by atoms with Crippen LogP contribution in [0.1, 0.15) is 40.7 Å². The van der Waals surface area contributed by atoms with Gasteiger partial charge in [-0.3, -0.25) is 4.90 Å². The average molecular weight is 383 g/mol. The lowest BCUT2D eigenvalue weighted by Gasteiger charge is -2.36. The molecule has 2 aliphatic heterocycles. The van der Waals surface area contributed by atoms with E-state index in [2.05, 4.69) is 42.5 Å². The maximum Gasteiger partial charge on any atom is 0.180 e. The number of aliphatic hydroxyl groups is 1. The summed E-state index contributed by atoms with van der Waals surface area (Å²) in [4.78, 5) is 1.76. The maximum absolute atomic E-state index is 15.5. The molecule has 4 nitrogen and oxygen atoms in total. The van der Waals surface area contributed by atoms with Crippen LogP contribution in [0, 0.1) is 0 Å². The first-order valence-electron chi connectivity index (χ1n) is 10.2. The van der Waals surface area contributed by atoms with Gasteiger partial charge in [0.2, 0.25) is 0 Å². The molecule has 0 spiro atoms. The standard InChI is InChI=1S/C23H26FNO3/c24-23(25-9-10-27-17(13-25)14-26)21-12-20-18-7-3-1-5-15(18)11-16-6-2-4-8-19(16)22(20)28-21/h1-8,17,20-23,26H,9-14H2. The van der Waals surface area contributed by atoms with Crippen LogP contribution >= 0.6 is 0 Å². The summed E-state index contributed by atoms with van der Waals surface area (Å²) in [7, 11) is 0. The monoisotopic (exact) mass is 383 g/mol. The van der Waals surface area contributed by atoms with Crippen molar-refractivity contribution < 1.29 is 19.0 Å². The van der Waals surface area contributed by atoms with Gasteiger partial charge in [0.25, 0.3) is 0 Å². The molecule has 148 valence electrons. The Hall–Kier alpha value is -1.79. The Labute approximate surface area is 164 Å². The van der Waals surface area contributed by atoms with Crippen LogP contribution in [-0.4, -0.2) is 54.8 Å². The molecule has 2 saturated heterocycles. The third kappa shape index (κ3) is 3.16. The van der Waals surface area contributed by atoms with E-state index in [1.165, 1.54) is 22.3 Å². The van der Waals surface area contributed by atoms with Crippen LogP contribution in [0.15, 0.2) is 48.5 Å². The first kappa shape index (κ1) is 18.3. The van der Waals surface area contributed by atoms with Gasteiger partial charge in [-0.15, -0.1) is 0 Å². The first-order valence-corrected chi connectivity index (χ1v) is 10.2. The second-order valence-electron chi connectivity index (χ2n) is 8.05. The summed E-state index contributed by atoms with van der Waals surface area (Å²) in [6.07, 6.45) is -0.541. The molecule has 5 unspecified atom stereocenters. The smallest absolute Gasteiger partial charge is 0.180 e. The number of halogens is 1. The SMILES string of the molecule is OCC1CN(C(F)C2CC3c4ccccc4Cc4ccccc4C3O2)CCO1. The van der Waals surface area contributed by atoms with E-state index in [0.29, 0.717) is 26.1 Å². The van der Waals surface area contributed by atoms with Crippen LogP contribution in [0.2, 0.25) is 0 Å². The Kier molecular flexibility index (Phi) is 4.93. The van der Waals surface area contributed by atoms with Crippen molar-refractivity contribution in [3.8, 4) is 0 Å². The van der Waals surface area contributed by atoms with E-state index in [1.54, 1.807) is 4.90 Å². The zero-order valence-electron chi connectivity index (χ0n) is 15.8. The van der Waals surface area contributed by atoms with Gasteiger partial charge >= 0.3 is 0 Å². The number of hydrogen-bond acceptors (Lipinski definition) is 4. The zero-order chi connectivity index (χ0) is 19.1. The third-order valence-corrected chi connectivity index (χ3v) is 6.40. The molecule has 5 rings (SSSR count). The highest BCUT2D eigenvalue weighted by Gasteiger charge is 2.45. The molecule has 3 aliphatic rings. The molecule has 0 amide bonds. The molecule has 1 aliphatic carbocycles. The molecule has 0 saturated carbocycles. The fourth-order valence-corrected chi connectivity index (χ4v) is 5.02. The van der Waals surface area contributed by atoms with Crippen molar-refractivity contribution in [2.75, 3.05) is 26.3 Å². The summed E-state index contributed by atoms with van der Waals surface area (Å²) in [6.45, 7) is 1.29. The van der Waals surface area contributed by atoms with E-state index in [9.17, 15) is 5.11 Å². The van der Waals surface area contributed by atoms with E-state index in [4.69, 9.17) is 9.47 Å². The van der Waals surface area contributed by atoms with E-state index in [0.717, 1.165) is 6.42 Å². The van der Waals surface area contributed by atoms with Crippen LogP contribution in [0.25, 0.3) is 0 Å². The minimum Gasteiger partial charge on any atom is -0.394 e. The van der Waals surface area contributed by atoms with Gasteiger partial charge in [0.15, 0.2) is 6.30 Å². The summed E-state index contributed by atoms with van der Waals surface area (Å²) in [5.74, 6) is 0.165. The molecule has 0 aromatic heterocycles. The molecule has 0 bridgehead atoms. The van der Waals surface area contributed by atoms with Crippen LogP contribution in [0.5, 0.6) is 0 Å². The van der Waals surface area contributed by atoms with E-state index in [1.807, 2.05) is 6.07 Å². The van der Waals surface area contributed by atoms with Gasteiger partial charge < -0.3 is 14.6 Å². The van der Waals surface area contributed by atoms with Gasteiger partial charge in [-0.1, -0.05) is 48.5 Å². The number of benzene rings is 2. The molecule has 0 radical (unpaired) electrons. The number of hydrogen-bond donors (Lipinski definition) is 1. The van der Waals surface area contributed by atoms with Crippen LogP contribution in [0.3, 0.4) is 0 Å². The van der Waals surface area contributed by atoms with E-state index < -0.39 is 12.4 Å². The fourth-order valence-electron chi connectivity index (χ4n) is 5.02. The Morgan fingerprint density at radius 2 is 1.79 bits per heavy atom. The summed E-state index contributed by atoms with van der Waals surface area (Å²) in [6, 6.07) is 16.9. The zero-order valence-corrected chi connectivity index (χ0v) is 15.8. The number of fused-ring (bicyclic) bond motifs is 5. The number of morpholine rings is 1. The van der Waals surface area contributed by atoms with Gasteiger partial charge in [0.05, 0.1) is 25.4 Å². The molecule has 1 N–H and O–H groups in total. The molecule has 2 heterocycles. The van der Waals surface area contributed by atoms with Gasteiger partial charge in [0, 0.05) is 19.0 Å². The second kappa shape index (κ2) is 7.56. The third-order valence-electron chi connectivity index (χ3n) is 6.40. The quantitative estimate of drug-likeness (QED) is 0.827. The lowest BCUT2D eigenvalue weighted by atomic mass is 9.87. The van der Waals surface area contributed by atoms with Crippen molar-refractivity contribution >= 4 is 0 Å². The number of nitrogens with zero attached hydrogens (tertiary/aromatic N) is 1. The second-order valence-corrected chi connectivity index (χ2v) is 8.05. The van der Waals surface area contributed by atoms with Crippen molar-refractivity contribution in [2.45, 2.75) is 43.4 Å². The Bertz CT molecular complexity index is 791. The molecular formula is C23H26FNO3. The molecular weight excluding hydrogens is 357 g/mol. The Morgan fingerprint density at radius 1 is 1.07 bits per heavy atom. The molecule has 2 aromatic rings. The van der Waals surface area contributed by atoms with Crippen LogP contribution < -0.4 is 0 Å². The topological polar surface area (TPSA) is 41.9 Å². The van der Waals surface area contributed by atoms with Gasteiger partial charge in [-0.25, -0.2) is 4.39 Å². The van der Waals surface area contributed by atoms with E-state index >= 15 is 4.39 Å². The number of ether oxygens (including phenoxy) is 2. The highest BCUT2D eigenvalue weighted by molar-refractivity contribution is 5.45. The van der Waals surface area contributed by atoms with Crippen LogP contribution in [0.4, 0.5) is 4.39 Å². The molecule has 2 fully saturated rings. The predicted molar refractivity (Wildman–Crippen MR) is 104 cm³/mol. The van der Waals surface area contributed by atoms with Gasteiger partial charge in [-0.05, 0) is 35.1 Å². The molecule has 5 atom stereocenters. The molecule has 5 heteroatoms. The van der Waals surface area contributed by atoms with Crippen molar-refractivity contribution in [3.63, 3.8) is 0 Å². The summed E-state index contributed by atoms with van der Waals surface area (Å²) < 4.78 is 27.3. The van der Waals surface area contributed by atoms with E-state index in [-0.39, 0.29) is 24.7 Å². The fraction of sp³-hybridized carbons (Fsp3) is 0.478. The average Bonchev–Trinajstić information content (AvgIpc) is 3.14. The Morgan fingerprint density at radius 3 is 2.57 bits per heavy atom. The molecule has 28 heavy (non-hydrogen) atoms. The lowest BCUT2D eigenvalue weighted by molar-refractivity contribution is -0.123. The van der Waals surface area contributed by atoms with Crippen molar-refractivity contribution in [1.82, 2.24) is 4.90 Å². The highest BCUT2D eigenvalue weighted by atomic mass is 19.1. The van der Waals surface area contributed by atoms with Crippen LogP contribution in [-0.2, 0) is 15.9 Å². The normalized spacial score (nSPS) is 30.8. The largest absolute Gasteiger partial charge is 0.394 e. The molecule has 2 aromatic carbocycles. The predicted octanol–water partition coefficient (Wildman–Crippen LogP) is 3.19. The number of rotatable bonds is 3. The number of alkyl halides is 1. The minimum atomic E-state index is -1.19. The van der Waals surface area contributed by atoms with Crippen molar-refractivity contribution in [3.05, 3.63) is 70.8 Å².